The minimum atomic E-state index is 0.779. The molecule has 0 fully saturated rings. The van der Waals surface area contributed by atoms with Crippen molar-refractivity contribution >= 4 is 11.6 Å². The number of pyridine rings is 1. The lowest BCUT2D eigenvalue weighted by atomic mass is 10.1. The summed E-state index contributed by atoms with van der Waals surface area (Å²) in [6.07, 6.45) is 3.01. The van der Waals surface area contributed by atoms with Crippen molar-refractivity contribution in [1.82, 2.24) is 10.3 Å². The highest BCUT2D eigenvalue weighted by molar-refractivity contribution is 6.33. The van der Waals surface area contributed by atoms with Crippen LogP contribution in [-0.4, -0.2) is 11.5 Å². The van der Waals surface area contributed by atoms with Gasteiger partial charge in [0.15, 0.2) is 0 Å². The van der Waals surface area contributed by atoms with Gasteiger partial charge in [0.25, 0.3) is 0 Å². The Morgan fingerprint density at radius 2 is 2.05 bits per heavy atom. The van der Waals surface area contributed by atoms with E-state index in [9.17, 15) is 0 Å². The van der Waals surface area contributed by atoms with Gasteiger partial charge < -0.3 is 5.32 Å². The third-order valence-corrected chi connectivity index (χ3v) is 3.32. The summed E-state index contributed by atoms with van der Waals surface area (Å²) < 4.78 is 0. The molecule has 0 saturated heterocycles. The third-order valence-electron chi connectivity index (χ3n) is 3.01. The van der Waals surface area contributed by atoms with Crippen LogP contribution in [0.2, 0.25) is 5.02 Å². The molecule has 0 amide bonds. The molecule has 100 valence electrons. The molecule has 19 heavy (non-hydrogen) atoms. The van der Waals surface area contributed by atoms with E-state index in [-0.39, 0.29) is 0 Å². The van der Waals surface area contributed by atoms with Gasteiger partial charge >= 0.3 is 0 Å². The predicted molar refractivity (Wildman–Crippen MR) is 81.4 cm³/mol. The second kappa shape index (κ2) is 6.69. The van der Waals surface area contributed by atoms with Crippen LogP contribution in [0.4, 0.5) is 0 Å². The van der Waals surface area contributed by atoms with E-state index in [1.807, 2.05) is 25.3 Å². The van der Waals surface area contributed by atoms with Crippen LogP contribution in [0.25, 0.3) is 11.1 Å². The lowest BCUT2D eigenvalue weighted by Crippen LogP contribution is -2.13. The molecule has 1 aromatic heterocycles. The molecule has 2 aromatic rings. The van der Waals surface area contributed by atoms with Crippen LogP contribution in [0.1, 0.15) is 24.6 Å². The monoisotopic (exact) mass is 274 g/mol. The van der Waals surface area contributed by atoms with Crippen LogP contribution in [0, 0.1) is 6.92 Å². The number of aromatic nitrogens is 1. The molecule has 2 rings (SSSR count). The van der Waals surface area contributed by atoms with Gasteiger partial charge in [-0.25, -0.2) is 0 Å². The van der Waals surface area contributed by atoms with Crippen molar-refractivity contribution in [2.45, 2.75) is 26.8 Å². The first-order chi connectivity index (χ1) is 9.20. The van der Waals surface area contributed by atoms with Crippen LogP contribution < -0.4 is 5.32 Å². The maximum Gasteiger partial charge on any atom is 0.0488 e. The molecule has 0 aliphatic carbocycles. The summed E-state index contributed by atoms with van der Waals surface area (Å²) in [5, 5.41) is 4.15. The largest absolute Gasteiger partial charge is 0.313 e. The predicted octanol–water partition coefficient (Wildman–Crippen LogP) is 4.21. The van der Waals surface area contributed by atoms with Crippen LogP contribution in [0.5, 0.6) is 0 Å². The van der Waals surface area contributed by atoms with Crippen molar-refractivity contribution in [1.29, 1.82) is 0 Å². The summed E-state index contributed by atoms with van der Waals surface area (Å²) in [5.74, 6) is 0. The van der Waals surface area contributed by atoms with Crippen LogP contribution in [0.15, 0.2) is 36.5 Å². The highest BCUT2D eigenvalue weighted by atomic mass is 35.5. The van der Waals surface area contributed by atoms with Crippen molar-refractivity contribution in [2.75, 3.05) is 6.54 Å². The Hall–Kier alpha value is -1.38. The number of aryl methyl sites for hydroxylation is 1. The van der Waals surface area contributed by atoms with E-state index < -0.39 is 0 Å². The number of halogens is 1. The fraction of sp³-hybridized carbons (Fsp3) is 0.312. The van der Waals surface area contributed by atoms with Crippen molar-refractivity contribution in [2.24, 2.45) is 0 Å². The smallest absolute Gasteiger partial charge is 0.0488 e. The highest BCUT2D eigenvalue weighted by Crippen LogP contribution is 2.28. The molecule has 3 heteroatoms. The van der Waals surface area contributed by atoms with Gasteiger partial charge in [-0.1, -0.05) is 36.7 Å². The zero-order chi connectivity index (χ0) is 13.7. The number of benzene rings is 1. The number of hydrogen-bond acceptors (Lipinski definition) is 2. The lowest BCUT2D eigenvalue weighted by molar-refractivity contribution is 0.675. The van der Waals surface area contributed by atoms with Gasteiger partial charge in [0, 0.05) is 34.6 Å². The quantitative estimate of drug-likeness (QED) is 0.826. The van der Waals surface area contributed by atoms with E-state index in [1.54, 1.807) is 0 Å². The maximum absolute atomic E-state index is 6.36. The highest BCUT2D eigenvalue weighted by Gasteiger charge is 2.05. The first-order valence-corrected chi connectivity index (χ1v) is 7.00. The summed E-state index contributed by atoms with van der Waals surface area (Å²) in [6, 6.07) is 10.3. The molecule has 1 heterocycles. The summed E-state index contributed by atoms with van der Waals surface area (Å²) >= 11 is 6.36. The molecule has 1 N–H and O–H groups in total. The van der Waals surface area contributed by atoms with Gasteiger partial charge in [0.1, 0.15) is 0 Å². The van der Waals surface area contributed by atoms with E-state index >= 15 is 0 Å². The molecular formula is C16H19ClN2. The van der Waals surface area contributed by atoms with Gasteiger partial charge in [-0.15, -0.1) is 0 Å². The maximum atomic E-state index is 6.36. The first kappa shape index (κ1) is 14.0. The summed E-state index contributed by atoms with van der Waals surface area (Å²) in [5.41, 5.74) is 4.32. The SMILES string of the molecule is CCCNCc1ccc(-c2ccc(C)nc2)c(Cl)c1. The zero-order valence-corrected chi connectivity index (χ0v) is 12.2. The van der Waals surface area contributed by atoms with Crippen LogP contribution in [-0.2, 0) is 6.54 Å². The second-order valence-corrected chi connectivity index (χ2v) is 5.09. The van der Waals surface area contributed by atoms with Crippen LogP contribution in [0.3, 0.4) is 0 Å². The number of nitrogens with zero attached hydrogens (tertiary/aromatic N) is 1. The minimum absolute atomic E-state index is 0.779. The molecular weight excluding hydrogens is 256 g/mol. The molecule has 0 saturated carbocycles. The normalized spacial score (nSPS) is 10.7. The van der Waals surface area contributed by atoms with Gasteiger partial charge in [-0.2, -0.15) is 0 Å². The Balaban J connectivity index is 2.17. The molecule has 0 radical (unpaired) electrons. The molecule has 0 unspecified atom stereocenters. The Kier molecular flexibility index (Phi) is 4.94. The Morgan fingerprint density at radius 1 is 1.21 bits per heavy atom. The van der Waals surface area contributed by atoms with Gasteiger partial charge in [-0.3, -0.25) is 4.98 Å². The molecule has 0 spiro atoms. The van der Waals surface area contributed by atoms with E-state index in [2.05, 4.69) is 35.4 Å². The molecule has 0 aliphatic heterocycles. The first-order valence-electron chi connectivity index (χ1n) is 6.63. The number of rotatable bonds is 5. The number of hydrogen-bond donors (Lipinski definition) is 1. The Labute approximate surface area is 119 Å². The van der Waals surface area contributed by atoms with E-state index in [1.165, 1.54) is 5.56 Å². The standard InChI is InChI=1S/C16H19ClN2/c1-3-8-18-10-13-5-7-15(16(17)9-13)14-6-4-12(2)19-11-14/h4-7,9,11,18H,3,8,10H2,1-2H3. The molecule has 0 aliphatic rings. The second-order valence-electron chi connectivity index (χ2n) is 4.68. The molecule has 2 nitrogen and oxygen atoms in total. The topological polar surface area (TPSA) is 24.9 Å². The molecule has 0 atom stereocenters. The van der Waals surface area contributed by atoms with E-state index in [0.29, 0.717) is 0 Å². The number of nitrogens with one attached hydrogen (secondary N) is 1. The fourth-order valence-corrected chi connectivity index (χ4v) is 2.25. The van der Waals surface area contributed by atoms with Gasteiger partial charge in [0.05, 0.1) is 0 Å². The van der Waals surface area contributed by atoms with Crippen molar-refractivity contribution in [3.8, 4) is 11.1 Å². The summed E-state index contributed by atoms with van der Waals surface area (Å²) in [6.45, 7) is 6.03. The van der Waals surface area contributed by atoms with Crippen molar-refractivity contribution in [3.63, 3.8) is 0 Å². The molecule has 1 aromatic carbocycles. The van der Waals surface area contributed by atoms with Gasteiger partial charge in [-0.05, 0) is 37.6 Å². The van der Waals surface area contributed by atoms with E-state index in [0.717, 1.165) is 41.4 Å². The van der Waals surface area contributed by atoms with Crippen molar-refractivity contribution < 1.29 is 0 Å². The lowest BCUT2D eigenvalue weighted by Gasteiger charge is -2.08. The average molecular weight is 275 g/mol. The zero-order valence-electron chi connectivity index (χ0n) is 11.4. The van der Waals surface area contributed by atoms with Gasteiger partial charge in [0.2, 0.25) is 0 Å². The fourth-order valence-electron chi connectivity index (χ4n) is 1.94. The van der Waals surface area contributed by atoms with Crippen LogP contribution >= 0.6 is 11.6 Å². The minimum Gasteiger partial charge on any atom is -0.313 e. The average Bonchev–Trinajstić information content (AvgIpc) is 2.41. The summed E-state index contributed by atoms with van der Waals surface area (Å²) in [4.78, 5) is 4.31. The Morgan fingerprint density at radius 3 is 2.68 bits per heavy atom. The van der Waals surface area contributed by atoms with E-state index in [4.69, 9.17) is 11.6 Å². The molecule has 0 bridgehead atoms. The Bertz CT molecular complexity index is 535. The van der Waals surface area contributed by atoms with Crippen molar-refractivity contribution in [3.05, 3.63) is 52.8 Å². The summed E-state index contributed by atoms with van der Waals surface area (Å²) in [7, 11) is 0. The third kappa shape index (κ3) is 3.79.